The Morgan fingerprint density at radius 3 is 2.72 bits per heavy atom. The maximum Gasteiger partial charge on any atom is 0.227 e. The van der Waals surface area contributed by atoms with Gasteiger partial charge in [0.2, 0.25) is 5.91 Å². The normalized spacial score (nSPS) is 10.9. The van der Waals surface area contributed by atoms with Gasteiger partial charge in [-0.2, -0.15) is 0 Å². The highest BCUT2D eigenvalue weighted by atomic mass is 19.1. The van der Waals surface area contributed by atoms with Gasteiger partial charge in [0.05, 0.1) is 13.5 Å². The number of nitrogens with one attached hydrogen (secondary N) is 1. The van der Waals surface area contributed by atoms with E-state index in [1.165, 1.54) is 13.2 Å². The number of halogens is 1. The van der Waals surface area contributed by atoms with Crippen molar-refractivity contribution >= 4 is 16.8 Å². The lowest BCUT2D eigenvalue weighted by molar-refractivity contribution is -0.129. The minimum absolute atomic E-state index is 0.0101. The van der Waals surface area contributed by atoms with Gasteiger partial charge in [0.1, 0.15) is 0 Å². The number of para-hydroxylation sites is 1. The average Bonchev–Trinajstić information content (AvgIpc) is 2.90. The molecule has 0 saturated heterocycles. The van der Waals surface area contributed by atoms with E-state index in [4.69, 9.17) is 4.74 Å². The molecular formula is C20H21FN2O2. The Hall–Kier alpha value is -2.82. The first-order chi connectivity index (χ1) is 12.0. The Morgan fingerprint density at radius 1 is 1.24 bits per heavy atom. The van der Waals surface area contributed by atoms with Crippen LogP contribution in [0.25, 0.3) is 10.9 Å². The molecule has 4 nitrogen and oxygen atoms in total. The van der Waals surface area contributed by atoms with Gasteiger partial charge in [0, 0.05) is 30.2 Å². The van der Waals surface area contributed by atoms with Crippen LogP contribution < -0.4 is 4.74 Å². The molecule has 1 N–H and O–H groups in total. The number of nitrogens with zero attached hydrogens (tertiary/aromatic N) is 1. The van der Waals surface area contributed by atoms with E-state index in [9.17, 15) is 9.18 Å². The zero-order valence-corrected chi connectivity index (χ0v) is 14.6. The van der Waals surface area contributed by atoms with Gasteiger partial charge in [-0.05, 0) is 36.2 Å². The van der Waals surface area contributed by atoms with Gasteiger partial charge in [0.25, 0.3) is 0 Å². The van der Waals surface area contributed by atoms with E-state index < -0.39 is 5.82 Å². The van der Waals surface area contributed by atoms with E-state index in [0.29, 0.717) is 13.0 Å². The summed E-state index contributed by atoms with van der Waals surface area (Å²) in [6.45, 7) is 2.32. The molecule has 0 aliphatic carbocycles. The minimum atomic E-state index is -0.423. The second kappa shape index (κ2) is 6.97. The lowest BCUT2D eigenvalue weighted by Gasteiger charge is -2.18. The van der Waals surface area contributed by atoms with E-state index in [0.717, 1.165) is 27.7 Å². The van der Waals surface area contributed by atoms with E-state index in [1.54, 1.807) is 24.1 Å². The molecule has 3 rings (SSSR count). The fraction of sp³-hybridized carbons (Fsp3) is 0.250. The summed E-state index contributed by atoms with van der Waals surface area (Å²) in [5.74, 6) is -0.232. The monoisotopic (exact) mass is 340 g/mol. The topological polar surface area (TPSA) is 45.3 Å². The molecule has 0 aliphatic rings. The SMILES string of the molecule is COc1ccc(CN(C)C(=O)Cc2c(C)[nH]c3ccccc23)cc1F. The second-order valence-corrected chi connectivity index (χ2v) is 6.17. The van der Waals surface area contributed by atoms with Crippen molar-refractivity contribution in [3.05, 3.63) is 65.1 Å². The van der Waals surface area contributed by atoms with Gasteiger partial charge in [-0.15, -0.1) is 0 Å². The number of rotatable bonds is 5. The highest BCUT2D eigenvalue weighted by Crippen LogP contribution is 2.23. The standard InChI is InChI=1S/C20H21FN2O2/c1-13-16(15-6-4-5-7-18(15)22-13)11-20(24)23(2)12-14-8-9-19(25-3)17(21)10-14/h4-10,22H,11-12H2,1-3H3. The molecule has 0 aliphatic heterocycles. The van der Waals surface area contributed by atoms with Crippen LogP contribution in [0, 0.1) is 12.7 Å². The first-order valence-corrected chi connectivity index (χ1v) is 8.12. The molecule has 2 aromatic carbocycles. The summed E-state index contributed by atoms with van der Waals surface area (Å²) in [5.41, 5.74) is 3.76. The van der Waals surface area contributed by atoms with Crippen LogP contribution in [0.1, 0.15) is 16.8 Å². The molecule has 0 radical (unpaired) electrons. The molecule has 3 aromatic rings. The summed E-state index contributed by atoms with van der Waals surface area (Å²) in [7, 11) is 3.16. The second-order valence-electron chi connectivity index (χ2n) is 6.17. The number of aromatic amines is 1. The van der Waals surface area contributed by atoms with Crippen molar-refractivity contribution in [1.29, 1.82) is 0 Å². The van der Waals surface area contributed by atoms with Crippen molar-refractivity contribution in [3.8, 4) is 5.75 Å². The number of hydrogen-bond donors (Lipinski definition) is 1. The predicted molar refractivity (Wildman–Crippen MR) is 96.2 cm³/mol. The Morgan fingerprint density at radius 2 is 2.00 bits per heavy atom. The smallest absolute Gasteiger partial charge is 0.227 e. The number of carbonyl (C=O) groups is 1. The van der Waals surface area contributed by atoms with Gasteiger partial charge in [-0.25, -0.2) is 4.39 Å². The molecule has 0 bridgehead atoms. The first-order valence-electron chi connectivity index (χ1n) is 8.12. The number of amides is 1. The highest BCUT2D eigenvalue weighted by Gasteiger charge is 2.16. The summed E-state index contributed by atoms with van der Waals surface area (Å²) in [4.78, 5) is 17.5. The quantitative estimate of drug-likeness (QED) is 0.767. The zero-order valence-electron chi connectivity index (χ0n) is 14.6. The van der Waals surface area contributed by atoms with E-state index >= 15 is 0 Å². The van der Waals surface area contributed by atoms with Crippen molar-refractivity contribution in [3.63, 3.8) is 0 Å². The van der Waals surface area contributed by atoms with Crippen molar-refractivity contribution in [2.24, 2.45) is 0 Å². The van der Waals surface area contributed by atoms with Gasteiger partial charge in [-0.1, -0.05) is 24.3 Å². The summed E-state index contributed by atoms with van der Waals surface area (Å²) >= 11 is 0. The molecule has 1 aromatic heterocycles. The molecule has 0 saturated carbocycles. The van der Waals surface area contributed by atoms with Gasteiger partial charge < -0.3 is 14.6 Å². The lowest BCUT2D eigenvalue weighted by Crippen LogP contribution is -2.27. The third kappa shape index (κ3) is 3.50. The summed E-state index contributed by atoms with van der Waals surface area (Å²) in [5, 5.41) is 1.07. The molecule has 1 heterocycles. The molecule has 0 unspecified atom stereocenters. The number of aryl methyl sites for hydroxylation is 1. The number of hydrogen-bond acceptors (Lipinski definition) is 2. The van der Waals surface area contributed by atoms with Gasteiger partial charge in [0.15, 0.2) is 11.6 Å². The predicted octanol–water partition coefficient (Wildman–Crippen LogP) is 3.83. The van der Waals surface area contributed by atoms with Gasteiger partial charge in [-0.3, -0.25) is 4.79 Å². The third-order valence-corrected chi connectivity index (χ3v) is 4.42. The molecule has 0 spiro atoms. The highest BCUT2D eigenvalue weighted by molar-refractivity contribution is 5.90. The molecule has 25 heavy (non-hydrogen) atoms. The lowest BCUT2D eigenvalue weighted by atomic mass is 10.1. The molecule has 0 fully saturated rings. The fourth-order valence-corrected chi connectivity index (χ4v) is 3.02. The van der Waals surface area contributed by atoms with Crippen molar-refractivity contribution in [2.45, 2.75) is 19.9 Å². The van der Waals surface area contributed by atoms with E-state index in [2.05, 4.69) is 4.98 Å². The number of ether oxygens (including phenoxy) is 1. The average molecular weight is 340 g/mol. The van der Waals surface area contributed by atoms with Crippen molar-refractivity contribution in [2.75, 3.05) is 14.2 Å². The van der Waals surface area contributed by atoms with Crippen LogP contribution in [-0.2, 0) is 17.8 Å². The van der Waals surface area contributed by atoms with Crippen molar-refractivity contribution in [1.82, 2.24) is 9.88 Å². The zero-order chi connectivity index (χ0) is 18.0. The molecular weight excluding hydrogens is 319 g/mol. The fourth-order valence-electron chi connectivity index (χ4n) is 3.02. The van der Waals surface area contributed by atoms with Crippen LogP contribution in [-0.4, -0.2) is 29.9 Å². The largest absolute Gasteiger partial charge is 0.494 e. The van der Waals surface area contributed by atoms with Crippen LogP contribution in [0.4, 0.5) is 4.39 Å². The minimum Gasteiger partial charge on any atom is -0.494 e. The number of aromatic nitrogens is 1. The summed E-state index contributed by atoms with van der Waals surface area (Å²) in [6, 6.07) is 12.7. The molecule has 5 heteroatoms. The van der Waals surface area contributed by atoms with Crippen LogP contribution in [0.15, 0.2) is 42.5 Å². The van der Waals surface area contributed by atoms with Crippen LogP contribution in [0.2, 0.25) is 0 Å². The van der Waals surface area contributed by atoms with Crippen molar-refractivity contribution < 1.29 is 13.9 Å². The maximum absolute atomic E-state index is 13.8. The summed E-state index contributed by atoms with van der Waals surface area (Å²) in [6.07, 6.45) is 0.310. The Balaban J connectivity index is 1.74. The number of fused-ring (bicyclic) bond motifs is 1. The summed E-state index contributed by atoms with van der Waals surface area (Å²) < 4.78 is 18.7. The maximum atomic E-state index is 13.8. The Kier molecular flexibility index (Phi) is 4.74. The number of benzene rings is 2. The third-order valence-electron chi connectivity index (χ3n) is 4.42. The Bertz CT molecular complexity index is 917. The molecule has 1 amide bonds. The van der Waals surface area contributed by atoms with E-state index in [1.807, 2.05) is 31.2 Å². The first kappa shape index (κ1) is 17.0. The van der Waals surface area contributed by atoms with E-state index in [-0.39, 0.29) is 11.7 Å². The molecule has 130 valence electrons. The Labute approximate surface area is 146 Å². The number of H-pyrrole nitrogens is 1. The molecule has 0 atom stereocenters. The number of methoxy groups -OCH3 is 1. The van der Waals surface area contributed by atoms with Crippen LogP contribution in [0.3, 0.4) is 0 Å². The number of likely N-dealkylation sites (N-methyl/N-ethyl adjacent to an activating group) is 1. The number of carbonyl (C=O) groups excluding carboxylic acids is 1. The van der Waals surface area contributed by atoms with Crippen LogP contribution >= 0.6 is 0 Å². The van der Waals surface area contributed by atoms with Crippen LogP contribution in [0.5, 0.6) is 5.75 Å². The van der Waals surface area contributed by atoms with Gasteiger partial charge >= 0.3 is 0 Å².